The lowest BCUT2D eigenvalue weighted by atomic mass is 9.91. The van der Waals surface area contributed by atoms with Crippen molar-refractivity contribution in [1.29, 1.82) is 0 Å². The molecule has 0 amide bonds. The Morgan fingerprint density at radius 2 is 2.11 bits per heavy atom. The largest absolute Gasteiger partial charge is 0.381 e. The molecule has 0 aromatic heterocycles. The Kier molecular flexibility index (Phi) is 3.64. The predicted molar refractivity (Wildman–Crippen MR) is 76.4 cm³/mol. The van der Waals surface area contributed by atoms with E-state index in [1.165, 1.54) is 16.2 Å². The number of hydrogen-bond donors (Lipinski definition) is 1. The summed E-state index contributed by atoms with van der Waals surface area (Å²) in [6.07, 6.45) is 2.27. The summed E-state index contributed by atoms with van der Waals surface area (Å²) in [6, 6.07) is 8.83. The van der Waals surface area contributed by atoms with Crippen LogP contribution in [-0.2, 0) is 4.74 Å². The number of hydrogen-bond acceptors (Lipinski definition) is 3. The van der Waals surface area contributed by atoms with E-state index in [1.54, 1.807) is 0 Å². The Hall–Kier alpha value is -0.510. The molecule has 1 aromatic carbocycles. The third-order valence-electron chi connectivity index (χ3n) is 4.17. The van der Waals surface area contributed by atoms with Gasteiger partial charge < -0.3 is 10.1 Å². The molecule has 0 saturated carbocycles. The molecule has 1 fully saturated rings. The minimum atomic E-state index is 0.278. The molecule has 0 radical (unpaired) electrons. The van der Waals surface area contributed by atoms with Crippen molar-refractivity contribution in [2.75, 3.05) is 25.5 Å². The van der Waals surface area contributed by atoms with E-state index >= 15 is 0 Å². The van der Waals surface area contributed by atoms with Crippen molar-refractivity contribution in [3.8, 4) is 0 Å². The van der Waals surface area contributed by atoms with E-state index in [2.05, 4.69) is 36.5 Å². The maximum absolute atomic E-state index is 5.45. The van der Waals surface area contributed by atoms with Crippen LogP contribution >= 0.6 is 11.8 Å². The zero-order valence-electron chi connectivity index (χ0n) is 10.9. The first-order valence-corrected chi connectivity index (χ1v) is 7.80. The first-order valence-electron chi connectivity index (χ1n) is 6.81. The molecule has 0 spiro atoms. The van der Waals surface area contributed by atoms with Crippen LogP contribution < -0.4 is 5.32 Å². The number of thioether (sulfide) groups is 1. The van der Waals surface area contributed by atoms with Crippen molar-refractivity contribution < 1.29 is 4.74 Å². The molecule has 1 saturated heterocycles. The first-order chi connectivity index (χ1) is 8.77. The van der Waals surface area contributed by atoms with Gasteiger partial charge in [0, 0.05) is 41.9 Å². The predicted octanol–water partition coefficient (Wildman–Crippen LogP) is 3.03. The van der Waals surface area contributed by atoms with E-state index in [-0.39, 0.29) is 5.54 Å². The average molecular weight is 263 g/mol. The summed E-state index contributed by atoms with van der Waals surface area (Å²) in [5, 5.41) is 3.79. The van der Waals surface area contributed by atoms with Gasteiger partial charge in [0.2, 0.25) is 0 Å². The zero-order valence-corrected chi connectivity index (χ0v) is 11.8. The molecule has 98 valence electrons. The highest BCUT2D eigenvalue weighted by Gasteiger charge is 2.29. The zero-order chi connectivity index (χ0) is 12.4. The lowest BCUT2D eigenvalue weighted by molar-refractivity contribution is 0.0450. The van der Waals surface area contributed by atoms with Gasteiger partial charge in [-0.2, -0.15) is 0 Å². The smallest absolute Gasteiger partial charge is 0.0483 e. The van der Waals surface area contributed by atoms with Crippen LogP contribution in [0.15, 0.2) is 29.2 Å². The summed E-state index contributed by atoms with van der Waals surface area (Å²) < 4.78 is 5.45. The molecule has 18 heavy (non-hydrogen) atoms. The van der Waals surface area contributed by atoms with E-state index in [0.717, 1.165) is 32.6 Å². The number of ether oxygens (including phenoxy) is 1. The topological polar surface area (TPSA) is 21.3 Å². The fourth-order valence-electron chi connectivity index (χ4n) is 2.77. The Bertz CT molecular complexity index is 415. The summed E-state index contributed by atoms with van der Waals surface area (Å²) in [7, 11) is 0. The van der Waals surface area contributed by atoms with Crippen molar-refractivity contribution in [2.24, 2.45) is 0 Å². The van der Waals surface area contributed by atoms with Crippen molar-refractivity contribution in [3.05, 3.63) is 29.8 Å². The van der Waals surface area contributed by atoms with Gasteiger partial charge >= 0.3 is 0 Å². The van der Waals surface area contributed by atoms with Crippen LogP contribution in [0.1, 0.15) is 31.2 Å². The third-order valence-corrected chi connectivity index (χ3v) is 5.42. The van der Waals surface area contributed by atoms with Gasteiger partial charge in [-0.05, 0) is 31.4 Å². The summed E-state index contributed by atoms with van der Waals surface area (Å²) in [4.78, 5) is 1.47. The Balaban J connectivity index is 1.61. The van der Waals surface area contributed by atoms with Crippen molar-refractivity contribution in [3.63, 3.8) is 0 Å². The third kappa shape index (κ3) is 2.58. The molecule has 2 nitrogen and oxygen atoms in total. The van der Waals surface area contributed by atoms with Crippen molar-refractivity contribution >= 4 is 11.8 Å². The highest BCUT2D eigenvalue weighted by atomic mass is 32.2. The highest BCUT2D eigenvalue weighted by molar-refractivity contribution is 7.99. The number of fused-ring (bicyclic) bond motifs is 1. The van der Waals surface area contributed by atoms with Gasteiger partial charge in [0.15, 0.2) is 0 Å². The van der Waals surface area contributed by atoms with Gasteiger partial charge in [0.25, 0.3) is 0 Å². The van der Waals surface area contributed by atoms with Gasteiger partial charge in [0.05, 0.1) is 0 Å². The molecule has 3 rings (SSSR count). The summed E-state index contributed by atoms with van der Waals surface area (Å²) in [5.74, 6) is 1.89. The number of benzene rings is 1. The Labute approximate surface area is 113 Å². The van der Waals surface area contributed by atoms with E-state index in [9.17, 15) is 0 Å². The molecule has 1 N–H and O–H groups in total. The normalized spacial score (nSPS) is 25.9. The molecule has 0 bridgehead atoms. The van der Waals surface area contributed by atoms with Crippen LogP contribution in [0, 0.1) is 0 Å². The van der Waals surface area contributed by atoms with Crippen LogP contribution in [0.4, 0.5) is 0 Å². The van der Waals surface area contributed by atoms with E-state index in [0.29, 0.717) is 5.92 Å². The fourth-order valence-corrected chi connectivity index (χ4v) is 4.02. The van der Waals surface area contributed by atoms with Crippen LogP contribution in [0.25, 0.3) is 0 Å². The van der Waals surface area contributed by atoms with Gasteiger partial charge in [-0.1, -0.05) is 18.2 Å². The van der Waals surface area contributed by atoms with Crippen LogP contribution in [0.5, 0.6) is 0 Å². The fraction of sp³-hybridized carbons (Fsp3) is 0.600. The molecule has 1 unspecified atom stereocenters. The number of rotatable bonds is 3. The second-order valence-electron chi connectivity index (χ2n) is 5.60. The van der Waals surface area contributed by atoms with Gasteiger partial charge in [0.1, 0.15) is 0 Å². The molecular formula is C15H21NOS. The Morgan fingerprint density at radius 1 is 1.33 bits per heavy atom. The minimum Gasteiger partial charge on any atom is -0.381 e. The quantitative estimate of drug-likeness (QED) is 0.905. The van der Waals surface area contributed by atoms with E-state index in [4.69, 9.17) is 4.74 Å². The monoisotopic (exact) mass is 263 g/mol. The summed E-state index contributed by atoms with van der Waals surface area (Å²) in [6.45, 7) is 5.24. The van der Waals surface area contributed by atoms with Gasteiger partial charge in [-0.3, -0.25) is 0 Å². The minimum absolute atomic E-state index is 0.278. The van der Waals surface area contributed by atoms with Crippen LogP contribution in [-0.4, -0.2) is 31.1 Å². The maximum Gasteiger partial charge on any atom is 0.0483 e. The second-order valence-corrected chi connectivity index (χ2v) is 6.66. The highest BCUT2D eigenvalue weighted by Crippen LogP contribution is 2.39. The standard InChI is InChI=1S/C15H21NOS/c1-15(6-8-17-9-7-15)16-10-12-11-18-14-5-3-2-4-13(12)14/h2-5,12,16H,6-11H2,1H3. The second kappa shape index (κ2) is 5.24. The first kappa shape index (κ1) is 12.5. The molecule has 2 aliphatic heterocycles. The summed E-state index contributed by atoms with van der Waals surface area (Å²) in [5.41, 5.74) is 1.81. The molecule has 2 aliphatic rings. The summed E-state index contributed by atoms with van der Waals surface area (Å²) >= 11 is 2.00. The maximum atomic E-state index is 5.45. The lowest BCUT2D eigenvalue weighted by Crippen LogP contribution is -2.48. The SMILES string of the molecule is CC1(NCC2CSc3ccccc32)CCOCC1. The van der Waals surface area contributed by atoms with E-state index in [1.807, 2.05) is 11.8 Å². The molecule has 2 heterocycles. The van der Waals surface area contributed by atoms with Gasteiger partial charge in [-0.15, -0.1) is 11.8 Å². The van der Waals surface area contributed by atoms with Gasteiger partial charge in [-0.25, -0.2) is 0 Å². The van der Waals surface area contributed by atoms with Crippen LogP contribution in [0.2, 0.25) is 0 Å². The van der Waals surface area contributed by atoms with Crippen molar-refractivity contribution in [2.45, 2.75) is 36.1 Å². The van der Waals surface area contributed by atoms with Crippen molar-refractivity contribution in [1.82, 2.24) is 5.32 Å². The molecule has 1 atom stereocenters. The van der Waals surface area contributed by atoms with E-state index < -0.39 is 0 Å². The molecule has 0 aliphatic carbocycles. The number of nitrogens with one attached hydrogen (secondary N) is 1. The molecule has 3 heteroatoms. The Morgan fingerprint density at radius 3 is 2.94 bits per heavy atom. The lowest BCUT2D eigenvalue weighted by Gasteiger charge is -2.35. The average Bonchev–Trinajstić information content (AvgIpc) is 2.81. The van der Waals surface area contributed by atoms with Crippen LogP contribution in [0.3, 0.4) is 0 Å². The molecular weight excluding hydrogens is 242 g/mol. The molecule has 1 aromatic rings.